The maximum absolute atomic E-state index is 14.3. The Kier molecular flexibility index (Phi) is 6.32. The smallest absolute Gasteiger partial charge is 0.384 e. The molecule has 1 aliphatic heterocycles. The minimum absolute atomic E-state index is 0.222. The van der Waals surface area contributed by atoms with Gasteiger partial charge < -0.3 is 14.7 Å². The van der Waals surface area contributed by atoms with Crippen LogP contribution in [0, 0.1) is 5.92 Å². The van der Waals surface area contributed by atoms with Crippen LogP contribution in [0.25, 0.3) is 0 Å². The van der Waals surface area contributed by atoms with E-state index in [4.69, 9.17) is 9.63 Å². The lowest BCUT2D eigenvalue weighted by Gasteiger charge is -2.21. The van der Waals surface area contributed by atoms with Gasteiger partial charge in [-0.2, -0.15) is 13.8 Å². The summed E-state index contributed by atoms with van der Waals surface area (Å²) in [5.74, 6) is -3.62. The van der Waals surface area contributed by atoms with Crippen LogP contribution in [-0.2, 0) is 24.8 Å². The number of nitrogens with zero attached hydrogens (tertiary/aromatic N) is 2. The highest BCUT2D eigenvalue weighted by Gasteiger charge is 2.60. The van der Waals surface area contributed by atoms with Crippen molar-refractivity contribution in [2.75, 3.05) is 13.7 Å². The summed E-state index contributed by atoms with van der Waals surface area (Å²) in [6.07, 6.45) is -4.51. The van der Waals surface area contributed by atoms with Gasteiger partial charge in [0.25, 0.3) is 0 Å². The van der Waals surface area contributed by atoms with Crippen LogP contribution in [-0.4, -0.2) is 51.4 Å². The summed E-state index contributed by atoms with van der Waals surface area (Å²) in [5, 5.41) is 9.78. The van der Waals surface area contributed by atoms with Gasteiger partial charge in [-0.05, 0) is 18.4 Å². The Hall–Kier alpha value is -1.23. The molecule has 26 heavy (non-hydrogen) atoms. The molecule has 1 saturated heterocycles. The van der Waals surface area contributed by atoms with Gasteiger partial charge in [0.05, 0.1) is 6.61 Å². The van der Waals surface area contributed by atoms with Crippen LogP contribution in [0.1, 0.15) is 25.8 Å². The molecule has 0 amide bonds. The van der Waals surface area contributed by atoms with Crippen LogP contribution in [0.3, 0.4) is 0 Å². The van der Waals surface area contributed by atoms with Crippen LogP contribution in [0.2, 0.25) is 0 Å². The molecule has 1 unspecified atom stereocenters. The van der Waals surface area contributed by atoms with E-state index in [-0.39, 0.29) is 5.92 Å². The molecular weight excluding hydrogens is 377 g/mol. The van der Waals surface area contributed by atoms with Gasteiger partial charge in [-0.15, -0.1) is 0 Å². The largest absolute Gasteiger partial charge is 0.472 e. The highest BCUT2D eigenvalue weighted by atomic mass is 31.2. The number of aromatic nitrogens is 2. The fourth-order valence-electron chi connectivity index (χ4n) is 2.48. The number of ether oxygens (including phenoxy) is 1. The molecule has 2 heterocycles. The number of aliphatic hydroxyl groups is 1. The number of hydrogen-bond donors (Lipinski definition) is 2. The van der Waals surface area contributed by atoms with Crippen molar-refractivity contribution < 1.29 is 37.1 Å². The number of halogens is 2. The number of hydrogen-bond acceptors (Lipinski definition) is 7. The molecule has 1 aromatic heterocycles. The van der Waals surface area contributed by atoms with Gasteiger partial charge >= 0.3 is 19.4 Å². The van der Waals surface area contributed by atoms with E-state index >= 15 is 0 Å². The predicted octanol–water partition coefficient (Wildman–Crippen LogP) is 1.10. The third-order valence-electron chi connectivity index (χ3n) is 3.77. The average molecular weight is 398 g/mol. The van der Waals surface area contributed by atoms with Crippen molar-refractivity contribution in [3.8, 4) is 0 Å². The minimum Gasteiger partial charge on any atom is -0.384 e. The van der Waals surface area contributed by atoms with Gasteiger partial charge in [0, 0.05) is 19.0 Å². The highest BCUT2D eigenvalue weighted by molar-refractivity contribution is 7.47. The molecule has 0 radical (unpaired) electrons. The molecule has 0 bridgehead atoms. The number of alkyl halides is 2. The Bertz CT molecular complexity index is 742. The Morgan fingerprint density at radius 2 is 2.15 bits per heavy atom. The van der Waals surface area contributed by atoms with Crippen LogP contribution in [0.15, 0.2) is 17.1 Å². The number of phosphoric acid groups is 1. The Labute approximate surface area is 148 Å². The standard InChI is InChI=1S/C14H21F2N2O7P/c1-8(2)6-9-4-5-18(13(20)17-9)12-14(15,16)11(19)10(25-12)7-24-26(21,22)23-3/h4-5,8,10-12,19H,6-7H2,1-3H3,(H,21,22)/t10-,11-,12-/m1/s1. The molecule has 1 aromatic rings. The van der Waals surface area contributed by atoms with E-state index in [1.165, 1.54) is 6.07 Å². The monoisotopic (exact) mass is 398 g/mol. The number of aliphatic hydroxyl groups excluding tert-OH is 1. The summed E-state index contributed by atoms with van der Waals surface area (Å²) < 4.78 is 54.2. The molecule has 2 N–H and O–H groups in total. The summed E-state index contributed by atoms with van der Waals surface area (Å²) in [6.45, 7) is 3.01. The van der Waals surface area contributed by atoms with Gasteiger partial charge in [0.2, 0.25) is 6.23 Å². The molecule has 0 spiro atoms. The molecule has 2 rings (SSSR count). The normalized spacial score (nSPS) is 27.6. The van der Waals surface area contributed by atoms with Crippen molar-refractivity contribution in [3.05, 3.63) is 28.4 Å². The zero-order valence-electron chi connectivity index (χ0n) is 14.4. The first-order chi connectivity index (χ1) is 12.0. The highest BCUT2D eigenvalue weighted by Crippen LogP contribution is 2.46. The van der Waals surface area contributed by atoms with Crippen molar-refractivity contribution in [2.45, 2.75) is 44.6 Å². The summed E-state index contributed by atoms with van der Waals surface area (Å²) >= 11 is 0. The summed E-state index contributed by atoms with van der Waals surface area (Å²) in [4.78, 5) is 25.0. The van der Waals surface area contributed by atoms with Gasteiger partial charge in [-0.1, -0.05) is 13.8 Å². The predicted molar refractivity (Wildman–Crippen MR) is 84.7 cm³/mol. The molecule has 0 aliphatic carbocycles. The summed E-state index contributed by atoms with van der Waals surface area (Å²) in [5.41, 5.74) is -0.504. The molecule has 1 aliphatic rings. The topological polar surface area (TPSA) is 120 Å². The van der Waals surface area contributed by atoms with Crippen LogP contribution in [0.5, 0.6) is 0 Å². The van der Waals surface area contributed by atoms with Crippen molar-refractivity contribution in [3.63, 3.8) is 0 Å². The van der Waals surface area contributed by atoms with Crippen LogP contribution in [0.4, 0.5) is 8.78 Å². The lowest BCUT2D eigenvalue weighted by molar-refractivity contribution is -0.141. The summed E-state index contributed by atoms with van der Waals surface area (Å²) in [6, 6.07) is 1.42. The molecule has 0 saturated carbocycles. The average Bonchev–Trinajstić information content (AvgIpc) is 2.76. The first-order valence-corrected chi connectivity index (χ1v) is 9.30. The van der Waals surface area contributed by atoms with Crippen molar-refractivity contribution in [1.82, 2.24) is 9.55 Å². The van der Waals surface area contributed by atoms with Gasteiger partial charge in [0.15, 0.2) is 6.10 Å². The van der Waals surface area contributed by atoms with E-state index < -0.39 is 44.5 Å². The van der Waals surface area contributed by atoms with Gasteiger partial charge in [-0.3, -0.25) is 13.6 Å². The zero-order chi connectivity index (χ0) is 19.7. The maximum atomic E-state index is 14.3. The molecule has 1 fully saturated rings. The third-order valence-corrected chi connectivity index (χ3v) is 4.71. The van der Waals surface area contributed by atoms with Crippen molar-refractivity contribution in [1.29, 1.82) is 0 Å². The van der Waals surface area contributed by atoms with E-state index in [1.54, 1.807) is 0 Å². The van der Waals surface area contributed by atoms with Crippen LogP contribution >= 0.6 is 7.82 Å². The molecule has 148 valence electrons. The second-order valence-corrected chi connectivity index (χ2v) is 7.86. The van der Waals surface area contributed by atoms with E-state index in [9.17, 15) is 23.2 Å². The minimum atomic E-state index is -4.43. The van der Waals surface area contributed by atoms with Gasteiger partial charge in [0.1, 0.15) is 6.10 Å². The molecular formula is C14H21F2N2O7P. The molecule has 9 nitrogen and oxygen atoms in total. The first kappa shape index (κ1) is 21.1. The fraction of sp³-hybridized carbons (Fsp3) is 0.714. The molecule has 0 aromatic carbocycles. The van der Waals surface area contributed by atoms with Crippen molar-refractivity contribution in [2.24, 2.45) is 5.92 Å². The van der Waals surface area contributed by atoms with E-state index in [0.717, 1.165) is 13.3 Å². The van der Waals surface area contributed by atoms with Crippen molar-refractivity contribution >= 4 is 7.82 Å². The van der Waals surface area contributed by atoms with E-state index in [2.05, 4.69) is 14.0 Å². The zero-order valence-corrected chi connectivity index (χ0v) is 15.3. The lowest BCUT2D eigenvalue weighted by atomic mass is 10.1. The maximum Gasteiger partial charge on any atom is 0.472 e. The third kappa shape index (κ3) is 4.54. The second kappa shape index (κ2) is 7.79. The summed E-state index contributed by atoms with van der Waals surface area (Å²) in [7, 11) is -3.54. The quantitative estimate of drug-likeness (QED) is 0.655. The number of rotatable bonds is 7. The Morgan fingerprint density at radius 1 is 1.50 bits per heavy atom. The van der Waals surface area contributed by atoms with Gasteiger partial charge in [-0.25, -0.2) is 9.36 Å². The van der Waals surface area contributed by atoms with Crippen LogP contribution < -0.4 is 5.69 Å². The second-order valence-electron chi connectivity index (χ2n) is 6.30. The fourth-order valence-corrected chi connectivity index (χ4v) is 2.93. The first-order valence-electron chi connectivity index (χ1n) is 7.80. The SMILES string of the molecule is COP(=O)(O)OC[C@H]1O[C@@H](n2ccc(CC(C)C)nc2=O)C(F)(F)[C@@H]1O. The Balaban J connectivity index is 2.21. The Morgan fingerprint density at radius 3 is 2.69 bits per heavy atom. The number of phosphoric ester groups is 1. The van der Waals surface area contributed by atoms with E-state index in [0.29, 0.717) is 16.7 Å². The molecule has 12 heteroatoms. The van der Waals surface area contributed by atoms with E-state index in [1.807, 2.05) is 13.8 Å². The lowest BCUT2D eigenvalue weighted by Crippen LogP contribution is -2.42. The molecule has 4 atom stereocenters.